The fourth-order valence-corrected chi connectivity index (χ4v) is 4.28. The third-order valence-corrected chi connectivity index (χ3v) is 5.96. The van der Waals surface area contributed by atoms with Gasteiger partial charge in [-0.05, 0) is 37.5 Å². The van der Waals surface area contributed by atoms with Crippen LogP contribution >= 0.6 is 0 Å². The largest absolute Gasteiger partial charge is 0.445 e. The molecular weight excluding hydrogens is 404 g/mol. The Kier molecular flexibility index (Phi) is 8.28. The Labute approximate surface area is 191 Å². The topological polar surface area (TPSA) is 59.1 Å². The van der Waals surface area contributed by atoms with Gasteiger partial charge in [-0.15, -0.1) is 0 Å². The van der Waals surface area contributed by atoms with E-state index >= 15 is 0 Å². The number of carbonyl (C=O) groups is 2. The highest BCUT2D eigenvalue weighted by molar-refractivity contribution is 5.92. The maximum absolute atomic E-state index is 12.8. The third-order valence-electron chi connectivity index (χ3n) is 5.96. The summed E-state index contributed by atoms with van der Waals surface area (Å²) in [7, 11) is 0. The van der Waals surface area contributed by atoms with Crippen LogP contribution in [0.15, 0.2) is 60.7 Å². The predicted octanol–water partition coefficient (Wildman–Crippen LogP) is 5.03. The summed E-state index contributed by atoms with van der Waals surface area (Å²) in [6.07, 6.45) is 2.19. The van der Waals surface area contributed by atoms with Crippen molar-refractivity contribution in [2.45, 2.75) is 58.3 Å². The zero-order valence-corrected chi connectivity index (χ0v) is 19.3. The number of para-hydroxylation sites is 1. The van der Waals surface area contributed by atoms with Crippen molar-refractivity contribution in [3.63, 3.8) is 0 Å². The first kappa shape index (κ1) is 23.8. The summed E-state index contributed by atoms with van der Waals surface area (Å²) in [6, 6.07) is 19.1. The number of likely N-dealkylation sites (tertiary alicyclic amines) is 1. The highest BCUT2D eigenvalue weighted by atomic mass is 16.6. The van der Waals surface area contributed by atoms with E-state index in [1.54, 1.807) is 11.8 Å². The molecule has 1 saturated heterocycles. The SMILES string of the molecule is CCCCOC1(C)CN(C(=O)OCc2ccccc2)CCC1N(C(C)=O)c1ccccc1. The van der Waals surface area contributed by atoms with Crippen molar-refractivity contribution in [3.05, 3.63) is 66.2 Å². The lowest BCUT2D eigenvalue weighted by molar-refractivity contribution is -0.122. The first-order chi connectivity index (χ1) is 15.4. The van der Waals surface area contributed by atoms with Gasteiger partial charge in [-0.3, -0.25) is 4.79 Å². The molecule has 2 unspecified atom stereocenters. The molecule has 0 radical (unpaired) electrons. The summed E-state index contributed by atoms with van der Waals surface area (Å²) in [5.74, 6) is -0.0355. The summed E-state index contributed by atoms with van der Waals surface area (Å²) in [5.41, 5.74) is 1.08. The Bertz CT molecular complexity index is 874. The van der Waals surface area contributed by atoms with Gasteiger partial charge in [0.25, 0.3) is 0 Å². The molecule has 1 fully saturated rings. The minimum absolute atomic E-state index is 0.0355. The number of unbranched alkanes of at least 4 members (excludes halogenated alkanes) is 1. The van der Waals surface area contributed by atoms with Crippen LogP contribution in [0.5, 0.6) is 0 Å². The smallest absolute Gasteiger partial charge is 0.410 e. The summed E-state index contributed by atoms with van der Waals surface area (Å²) in [4.78, 5) is 29.1. The number of piperidine rings is 1. The quantitative estimate of drug-likeness (QED) is 0.543. The van der Waals surface area contributed by atoms with Gasteiger partial charge < -0.3 is 19.3 Å². The molecule has 32 heavy (non-hydrogen) atoms. The van der Waals surface area contributed by atoms with E-state index in [2.05, 4.69) is 6.92 Å². The molecule has 0 bridgehead atoms. The summed E-state index contributed by atoms with van der Waals surface area (Å²) in [5, 5.41) is 0. The number of rotatable bonds is 8. The van der Waals surface area contributed by atoms with Crippen LogP contribution in [-0.2, 0) is 20.9 Å². The second-order valence-electron chi connectivity index (χ2n) is 8.51. The minimum atomic E-state index is -0.708. The second-order valence-corrected chi connectivity index (χ2v) is 8.51. The van der Waals surface area contributed by atoms with Crippen LogP contribution in [0.1, 0.15) is 45.6 Å². The van der Waals surface area contributed by atoms with Gasteiger partial charge in [0.2, 0.25) is 5.91 Å². The highest BCUT2D eigenvalue weighted by Crippen LogP contribution is 2.33. The lowest BCUT2D eigenvalue weighted by atomic mass is 9.87. The molecule has 2 aromatic rings. The van der Waals surface area contributed by atoms with Crippen molar-refractivity contribution in [3.8, 4) is 0 Å². The molecule has 2 atom stereocenters. The van der Waals surface area contributed by atoms with Gasteiger partial charge in [0.1, 0.15) is 12.2 Å². The van der Waals surface area contributed by atoms with Crippen LogP contribution in [0.4, 0.5) is 10.5 Å². The third kappa shape index (κ3) is 5.88. The monoisotopic (exact) mass is 438 g/mol. The fourth-order valence-electron chi connectivity index (χ4n) is 4.28. The van der Waals surface area contributed by atoms with Crippen molar-refractivity contribution in [1.82, 2.24) is 4.90 Å². The predicted molar refractivity (Wildman–Crippen MR) is 125 cm³/mol. The van der Waals surface area contributed by atoms with E-state index in [0.29, 0.717) is 26.1 Å². The number of nitrogens with zero attached hydrogens (tertiary/aromatic N) is 2. The Morgan fingerprint density at radius 1 is 1.09 bits per heavy atom. The summed E-state index contributed by atoms with van der Waals surface area (Å²) < 4.78 is 11.9. The van der Waals surface area contributed by atoms with E-state index in [-0.39, 0.29) is 24.6 Å². The summed E-state index contributed by atoms with van der Waals surface area (Å²) in [6.45, 7) is 7.38. The second kappa shape index (κ2) is 11.1. The maximum atomic E-state index is 12.8. The first-order valence-corrected chi connectivity index (χ1v) is 11.4. The van der Waals surface area contributed by atoms with Crippen LogP contribution in [-0.4, -0.2) is 48.2 Å². The number of carbonyl (C=O) groups excluding carboxylic acids is 2. The van der Waals surface area contributed by atoms with E-state index in [1.807, 2.05) is 72.5 Å². The zero-order valence-electron chi connectivity index (χ0n) is 19.3. The van der Waals surface area contributed by atoms with Crippen LogP contribution in [0.25, 0.3) is 0 Å². The van der Waals surface area contributed by atoms with E-state index in [4.69, 9.17) is 9.47 Å². The van der Waals surface area contributed by atoms with Crippen LogP contribution in [0, 0.1) is 0 Å². The van der Waals surface area contributed by atoms with E-state index in [0.717, 1.165) is 24.1 Å². The Balaban J connectivity index is 1.77. The molecule has 6 nitrogen and oxygen atoms in total. The fraction of sp³-hybridized carbons (Fsp3) is 0.462. The van der Waals surface area contributed by atoms with Gasteiger partial charge >= 0.3 is 6.09 Å². The van der Waals surface area contributed by atoms with Gasteiger partial charge in [-0.1, -0.05) is 61.9 Å². The zero-order chi connectivity index (χ0) is 23.0. The number of hydrogen-bond donors (Lipinski definition) is 0. The van der Waals surface area contributed by atoms with Crippen molar-refractivity contribution >= 4 is 17.7 Å². The molecule has 0 N–H and O–H groups in total. The van der Waals surface area contributed by atoms with Crippen molar-refractivity contribution in [2.75, 3.05) is 24.6 Å². The van der Waals surface area contributed by atoms with Crippen molar-refractivity contribution < 1.29 is 19.1 Å². The van der Waals surface area contributed by atoms with Gasteiger partial charge in [-0.2, -0.15) is 0 Å². The number of benzene rings is 2. The molecule has 0 aliphatic carbocycles. The highest BCUT2D eigenvalue weighted by Gasteiger charge is 2.46. The van der Waals surface area contributed by atoms with E-state index in [1.165, 1.54) is 0 Å². The molecule has 1 heterocycles. The number of anilines is 1. The standard InChI is InChI=1S/C26H34N2O4/c1-4-5-18-32-26(3)20-27(25(30)31-19-22-12-8-6-9-13-22)17-16-24(26)28(21(2)29)23-14-10-7-11-15-23/h6-15,24H,4-5,16-20H2,1-3H3. The Hall–Kier alpha value is -2.86. The van der Waals surface area contributed by atoms with Crippen LogP contribution in [0.3, 0.4) is 0 Å². The average Bonchev–Trinajstić information content (AvgIpc) is 2.80. The normalized spacial score (nSPS) is 20.6. The van der Waals surface area contributed by atoms with Gasteiger partial charge in [0.15, 0.2) is 0 Å². The Morgan fingerprint density at radius 2 is 1.75 bits per heavy atom. The molecule has 172 valence electrons. The first-order valence-electron chi connectivity index (χ1n) is 11.4. The average molecular weight is 439 g/mol. The van der Waals surface area contributed by atoms with E-state index < -0.39 is 5.60 Å². The van der Waals surface area contributed by atoms with Gasteiger partial charge in [-0.25, -0.2) is 4.79 Å². The molecule has 2 amide bonds. The van der Waals surface area contributed by atoms with Crippen LogP contribution < -0.4 is 4.90 Å². The number of ether oxygens (including phenoxy) is 2. The molecule has 0 aromatic heterocycles. The molecule has 3 rings (SSSR count). The molecule has 6 heteroatoms. The van der Waals surface area contributed by atoms with Crippen molar-refractivity contribution in [1.29, 1.82) is 0 Å². The lowest BCUT2D eigenvalue weighted by Crippen LogP contribution is -2.64. The van der Waals surface area contributed by atoms with Crippen LogP contribution in [0.2, 0.25) is 0 Å². The molecular formula is C26H34N2O4. The maximum Gasteiger partial charge on any atom is 0.410 e. The van der Waals surface area contributed by atoms with E-state index in [9.17, 15) is 9.59 Å². The Morgan fingerprint density at radius 3 is 2.38 bits per heavy atom. The molecule has 2 aromatic carbocycles. The summed E-state index contributed by atoms with van der Waals surface area (Å²) >= 11 is 0. The van der Waals surface area contributed by atoms with Gasteiger partial charge in [0.05, 0.1) is 12.6 Å². The molecule has 1 aliphatic rings. The molecule has 1 aliphatic heterocycles. The lowest BCUT2D eigenvalue weighted by Gasteiger charge is -2.49. The van der Waals surface area contributed by atoms with Crippen molar-refractivity contribution in [2.24, 2.45) is 0 Å². The van der Waals surface area contributed by atoms with Gasteiger partial charge in [0, 0.05) is 25.8 Å². The molecule has 0 saturated carbocycles. The minimum Gasteiger partial charge on any atom is -0.445 e. The number of amides is 2. The molecule has 0 spiro atoms. The number of hydrogen-bond acceptors (Lipinski definition) is 4.